The smallest absolute Gasteiger partial charge is 0.652 e. The largest absolute Gasteiger partial charge is 2.00 e. The van der Waals surface area contributed by atoms with Crippen molar-refractivity contribution in [3.8, 4) is 0 Å². The topological polar surface area (TPSA) is 164 Å². The molecule has 15 heavy (non-hydrogen) atoms. The molecule has 0 saturated heterocycles. The van der Waals surface area contributed by atoms with Gasteiger partial charge in [0, 0.05) is 0 Å². The van der Waals surface area contributed by atoms with Gasteiger partial charge >= 0.3 is 37.7 Å². The predicted octanol–water partition coefficient (Wildman–Crippen LogP) is -5.77. The predicted molar refractivity (Wildman–Crippen MR) is 43.3 cm³/mol. The fraction of sp³-hybridized carbons (Fsp3) is 0.833. The van der Waals surface area contributed by atoms with Gasteiger partial charge in [-0.05, 0) is 6.16 Å². The van der Waals surface area contributed by atoms with E-state index in [1.807, 2.05) is 0 Å². The zero-order chi connectivity index (χ0) is 11.7. The summed E-state index contributed by atoms with van der Waals surface area (Å²) in [5.41, 5.74) is 0. The van der Waals surface area contributed by atoms with E-state index in [4.69, 9.17) is 40.5 Å². The molecular formula is C6H12CaO8. The van der Waals surface area contributed by atoms with Gasteiger partial charge in [-0.25, -0.2) is 0 Å². The first-order chi connectivity index (χ1) is 6.36. The van der Waals surface area contributed by atoms with Gasteiger partial charge in [0.15, 0.2) is 0 Å². The molecule has 9 heteroatoms. The van der Waals surface area contributed by atoms with Gasteiger partial charge in [-0.3, -0.25) is 0 Å². The molecule has 0 aromatic heterocycles. The summed E-state index contributed by atoms with van der Waals surface area (Å²) in [6, 6.07) is 0. The van der Waals surface area contributed by atoms with Gasteiger partial charge in [-0.2, -0.15) is 0 Å². The first-order valence-electron chi connectivity index (χ1n) is 3.50. The molecule has 0 radical (unpaired) electrons. The first kappa shape index (κ1) is 20.7. The number of rotatable bonds is 4. The molecule has 0 aliphatic carbocycles. The maximum Gasteiger partial charge on any atom is 2.00 e. The summed E-state index contributed by atoms with van der Waals surface area (Å²) in [4.78, 5) is 8.33. The van der Waals surface area contributed by atoms with Crippen molar-refractivity contribution in [3.63, 3.8) is 0 Å². The molecule has 0 heterocycles. The standard InChI is InChI=1S/C5H12O5.CH2O3.Ca/c6-1-3(8)5(10)4(9)2-7;2-1(3)4;/h3-10H,1-2H2;(H2,2,3,4);/q;;+2/p-2. The van der Waals surface area contributed by atoms with E-state index >= 15 is 0 Å². The number of carbonyl (C=O) groups excluding carboxylic acids is 1. The number of aliphatic hydroxyl groups is 5. The second kappa shape index (κ2) is 12.4. The Labute approximate surface area is 115 Å². The van der Waals surface area contributed by atoms with Gasteiger partial charge in [0.25, 0.3) is 0 Å². The summed E-state index contributed by atoms with van der Waals surface area (Å²) in [5, 5.41) is 59.2. The van der Waals surface area contributed by atoms with Gasteiger partial charge < -0.3 is 40.5 Å². The molecule has 0 aliphatic heterocycles. The molecular weight excluding hydrogens is 240 g/mol. The first-order valence-corrected chi connectivity index (χ1v) is 3.50. The number of carboxylic acid groups (broad SMARTS) is 2. The van der Waals surface area contributed by atoms with Crippen LogP contribution in [0.2, 0.25) is 0 Å². The summed E-state index contributed by atoms with van der Waals surface area (Å²) < 4.78 is 0. The van der Waals surface area contributed by atoms with Crippen molar-refractivity contribution in [1.29, 1.82) is 0 Å². The molecule has 2 unspecified atom stereocenters. The van der Waals surface area contributed by atoms with E-state index < -0.39 is 37.7 Å². The van der Waals surface area contributed by atoms with Crippen LogP contribution in [0, 0.1) is 0 Å². The normalized spacial score (nSPS) is 15.0. The van der Waals surface area contributed by atoms with Crippen LogP contribution in [-0.2, 0) is 0 Å². The van der Waals surface area contributed by atoms with Crippen LogP contribution in [0.1, 0.15) is 0 Å². The molecule has 0 fully saturated rings. The van der Waals surface area contributed by atoms with Crippen molar-refractivity contribution in [2.75, 3.05) is 13.2 Å². The van der Waals surface area contributed by atoms with E-state index in [9.17, 15) is 0 Å². The van der Waals surface area contributed by atoms with Crippen molar-refractivity contribution < 1.29 is 40.5 Å². The molecule has 86 valence electrons. The van der Waals surface area contributed by atoms with E-state index in [0.717, 1.165) is 0 Å². The van der Waals surface area contributed by atoms with E-state index in [-0.39, 0.29) is 37.7 Å². The summed E-state index contributed by atoms with van der Waals surface area (Å²) in [6.45, 7) is -1.28. The van der Waals surface area contributed by atoms with Crippen molar-refractivity contribution in [3.05, 3.63) is 0 Å². The third kappa shape index (κ3) is 14.3. The molecule has 0 rings (SSSR count). The van der Waals surface area contributed by atoms with Crippen molar-refractivity contribution in [1.82, 2.24) is 0 Å². The van der Waals surface area contributed by atoms with Gasteiger partial charge in [0.2, 0.25) is 0 Å². The van der Waals surface area contributed by atoms with E-state index in [0.29, 0.717) is 0 Å². The Bertz CT molecular complexity index is 140. The van der Waals surface area contributed by atoms with E-state index in [2.05, 4.69) is 0 Å². The number of aliphatic hydroxyl groups excluding tert-OH is 5. The summed E-state index contributed by atoms with van der Waals surface area (Å²) in [7, 11) is 0. The van der Waals surface area contributed by atoms with Crippen LogP contribution >= 0.6 is 0 Å². The second-order valence-corrected chi connectivity index (χ2v) is 2.24. The molecule has 0 saturated carbocycles. The van der Waals surface area contributed by atoms with Gasteiger partial charge in [-0.15, -0.1) is 0 Å². The SMILES string of the molecule is O=C([O-])[O-].OCC(O)C(O)C(O)CO.[Ca+2]. The Morgan fingerprint density at radius 3 is 1.33 bits per heavy atom. The van der Waals surface area contributed by atoms with Crippen LogP contribution in [0.25, 0.3) is 0 Å². The second-order valence-electron chi connectivity index (χ2n) is 2.24. The van der Waals surface area contributed by atoms with Crippen LogP contribution in [0.4, 0.5) is 4.79 Å². The summed E-state index contributed by atoms with van der Waals surface area (Å²) in [6.07, 6.45) is -6.63. The quantitative estimate of drug-likeness (QED) is 0.309. The van der Waals surface area contributed by atoms with Crippen LogP contribution in [0.3, 0.4) is 0 Å². The molecule has 8 nitrogen and oxygen atoms in total. The zero-order valence-corrected chi connectivity index (χ0v) is 10.0. The number of hydrogen-bond acceptors (Lipinski definition) is 8. The Balaban J connectivity index is -0.000000249. The fourth-order valence-electron chi connectivity index (χ4n) is 0.472. The van der Waals surface area contributed by atoms with Crippen molar-refractivity contribution in [2.45, 2.75) is 18.3 Å². The van der Waals surface area contributed by atoms with E-state index in [1.165, 1.54) is 0 Å². The molecule has 2 atom stereocenters. The molecule has 0 aromatic rings. The number of hydrogen-bond donors (Lipinski definition) is 5. The molecule has 0 bridgehead atoms. The van der Waals surface area contributed by atoms with Crippen LogP contribution in [-0.4, -0.2) is 101 Å². The maximum atomic E-state index is 8.77. The van der Waals surface area contributed by atoms with Gasteiger partial charge in [0.05, 0.1) is 13.2 Å². The van der Waals surface area contributed by atoms with Crippen LogP contribution < -0.4 is 10.2 Å². The van der Waals surface area contributed by atoms with Crippen molar-refractivity contribution in [2.24, 2.45) is 0 Å². The Morgan fingerprint density at radius 1 is 1.00 bits per heavy atom. The molecule has 0 aromatic carbocycles. The summed E-state index contributed by atoms with van der Waals surface area (Å²) >= 11 is 0. The van der Waals surface area contributed by atoms with Gasteiger partial charge in [0.1, 0.15) is 18.3 Å². The van der Waals surface area contributed by atoms with Gasteiger partial charge in [-0.1, -0.05) is 0 Å². The van der Waals surface area contributed by atoms with Crippen molar-refractivity contribution >= 4 is 43.9 Å². The monoisotopic (exact) mass is 252 g/mol. The Hall–Kier alpha value is 0.330. The molecule has 0 amide bonds. The Morgan fingerprint density at radius 2 is 1.20 bits per heavy atom. The van der Waals surface area contributed by atoms with E-state index in [1.54, 1.807) is 0 Å². The Kier molecular flexibility index (Phi) is 17.1. The van der Waals surface area contributed by atoms with Crippen LogP contribution in [0.5, 0.6) is 0 Å². The third-order valence-corrected chi connectivity index (χ3v) is 1.16. The molecule has 5 N–H and O–H groups in total. The minimum absolute atomic E-state index is 0. The maximum absolute atomic E-state index is 8.77. The third-order valence-electron chi connectivity index (χ3n) is 1.16. The molecule has 0 spiro atoms. The number of carbonyl (C=O) groups is 1. The minimum Gasteiger partial charge on any atom is -0.652 e. The minimum atomic E-state index is -2.33. The average molecular weight is 252 g/mol. The average Bonchev–Trinajstić information content (AvgIpc) is 2.13. The van der Waals surface area contributed by atoms with Crippen LogP contribution in [0.15, 0.2) is 0 Å². The molecule has 0 aliphatic rings. The fourth-order valence-corrected chi connectivity index (χ4v) is 0.472. The summed E-state index contributed by atoms with van der Waals surface area (Å²) in [5.74, 6) is 0. The zero-order valence-electron chi connectivity index (χ0n) is 7.81.